The highest BCUT2D eigenvalue weighted by Crippen LogP contribution is 2.39. The van der Waals surface area contributed by atoms with Gasteiger partial charge >= 0.3 is 5.97 Å². The molecule has 1 saturated carbocycles. The molecular formula is C14H18ClN3O2. The molecule has 1 aromatic rings. The van der Waals surface area contributed by atoms with E-state index < -0.39 is 12.0 Å². The molecule has 1 aliphatic heterocycles. The summed E-state index contributed by atoms with van der Waals surface area (Å²) in [7, 11) is 0. The van der Waals surface area contributed by atoms with E-state index in [1.165, 1.54) is 12.8 Å². The highest BCUT2D eigenvalue weighted by molar-refractivity contribution is 6.29. The normalized spacial score (nSPS) is 29.9. The van der Waals surface area contributed by atoms with E-state index in [-0.39, 0.29) is 6.04 Å². The second-order valence-corrected chi connectivity index (χ2v) is 6.05. The van der Waals surface area contributed by atoms with Crippen molar-refractivity contribution < 1.29 is 9.90 Å². The molecule has 3 unspecified atom stereocenters. The van der Waals surface area contributed by atoms with Gasteiger partial charge in [-0.1, -0.05) is 24.4 Å². The fourth-order valence-corrected chi connectivity index (χ4v) is 3.75. The summed E-state index contributed by atoms with van der Waals surface area (Å²) in [5.74, 6) is 0.445. The summed E-state index contributed by atoms with van der Waals surface area (Å²) in [4.78, 5) is 13.5. The van der Waals surface area contributed by atoms with E-state index in [9.17, 15) is 9.90 Å². The molecule has 20 heavy (non-hydrogen) atoms. The summed E-state index contributed by atoms with van der Waals surface area (Å²) in [6, 6.07) is 3.23. The summed E-state index contributed by atoms with van der Waals surface area (Å²) in [6.07, 6.45) is 6.32. The van der Waals surface area contributed by atoms with Crippen LogP contribution in [0.4, 0.5) is 5.82 Å². The zero-order valence-corrected chi connectivity index (χ0v) is 12.0. The van der Waals surface area contributed by atoms with Crippen LogP contribution in [-0.2, 0) is 4.79 Å². The van der Waals surface area contributed by atoms with Crippen molar-refractivity contribution in [3.63, 3.8) is 0 Å². The summed E-state index contributed by atoms with van der Waals surface area (Å²) in [6.45, 7) is 0. The van der Waals surface area contributed by atoms with Crippen molar-refractivity contribution >= 4 is 23.4 Å². The largest absolute Gasteiger partial charge is 0.480 e. The molecule has 5 nitrogen and oxygen atoms in total. The van der Waals surface area contributed by atoms with E-state index in [0.29, 0.717) is 23.3 Å². The molecule has 108 valence electrons. The molecule has 0 bridgehead atoms. The topological polar surface area (TPSA) is 66.3 Å². The summed E-state index contributed by atoms with van der Waals surface area (Å²) < 4.78 is 0. The Kier molecular flexibility index (Phi) is 3.78. The number of piperidine rings is 1. The van der Waals surface area contributed by atoms with Crippen molar-refractivity contribution in [1.29, 1.82) is 0 Å². The molecule has 1 N–H and O–H groups in total. The lowest BCUT2D eigenvalue weighted by Gasteiger charge is -2.47. The van der Waals surface area contributed by atoms with Crippen LogP contribution >= 0.6 is 11.6 Å². The van der Waals surface area contributed by atoms with Crippen molar-refractivity contribution in [1.82, 2.24) is 10.2 Å². The Hall–Kier alpha value is -1.36. The monoisotopic (exact) mass is 295 g/mol. The number of aromatic nitrogens is 2. The number of carboxylic acids is 1. The molecule has 1 aliphatic carbocycles. The molecule has 3 rings (SSSR count). The predicted molar refractivity (Wildman–Crippen MR) is 75.9 cm³/mol. The molecule has 0 radical (unpaired) electrons. The quantitative estimate of drug-likeness (QED) is 0.909. The second kappa shape index (κ2) is 5.56. The van der Waals surface area contributed by atoms with E-state index in [2.05, 4.69) is 10.2 Å². The van der Waals surface area contributed by atoms with Crippen LogP contribution in [0, 0.1) is 5.92 Å². The van der Waals surface area contributed by atoms with E-state index in [0.717, 1.165) is 19.3 Å². The third kappa shape index (κ3) is 2.46. The van der Waals surface area contributed by atoms with Gasteiger partial charge in [-0.2, -0.15) is 0 Å². The van der Waals surface area contributed by atoms with Gasteiger partial charge in [-0.15, -0.1) is 10.2 Å². The Morgan fingerprint density at radius 1 is 1.20 bits per heavy atom. The molecule has 1 aromatic heterocycles. The van der Waals surface area contributed by atoms with Gasteiger partial charge in [-0.05, 0) is 43.7 Å². The minimum Gasteiger partial charge on any atom is -0.480 e. The highest BCUT2D eigenvalue weighted by atomic mass is 35.5. The third-order valence-electron chi connectivity index (χ3n) is 4.54. The average Bonchev–Trinajstić information content (AvgIpc) is 2.47. The standard InChI is InChI=1S/C14H18ClN3O2/c15-12-7-8-13(17-16-12)18-10-4-2-1-3-9(10)5-6-11(18)14(19)20/h7-11H,1-6H2,(H,19,20). The van der Waals surface area contributed by atoms with Gasteiger partial charge in [0.15, 0.2) is 11.0 Å². The van der Waals surface area contributed by atoms with Crippen LogP contribution in [0.25, 0.3) is 0 Å². The first-order chi connectivity index (χ1) is 9.66. The van der Waals surface area contributed by atoms with Crippen LogP contribution in [0.15, 0.2) is 12.1 Å². The maximum atomic E-state index is 11.6. The molecule has 3 atom stereocenters. The van der Waals surface area contributed by atoms with E-state index in [1.807, 2.05) is 4.90 Å². The number of aliphatic carboxylic acids is 1. The molecule has 2 heterocycles. The smallest absolute Gasteiger partial charge is 0.326 e. The predicted octanol–water partition coefficient (Wildman–Crippen LogP) is 2.74. The molecule has 0 aromatic carbocycles. The SMILES string of the molecule is O=C(O)C1CCC2CCCCC2N1c1ccc(Cl)nn1. The van der Waals surface area contributed by atoms with Crippen molar-refractivity contribution in [3.8, 4) is 0 Å². The fourth-order valence-electron chi connectivity index (χ4n) is 3.65. The lowest BCUT2D eigenvalue weighted by atomic mass is 9.76. The van der Waals surface area contributed by atoms with Gasteiger partial charge in [0.05, 0.1) is 0 Å². The van der Waals surface area contributed by atoms with E-state index >= 15 is 0 Å². The van der Waals surface area contributed by atoms with E-state index in [1.54, 1.807) is 12.1 Å². The van der Waals surface area contributed by atoms with Crippen molar-refractivity contribution in [3.05, 3.63) is 17.3 Å². The van der Waals surface area contributed by atoms with Gasteiger partial charge < -0.3 is 10.0 Å². The van der Waals surface area contributed by atoms with Gasteiger partial charge in [-0.3, -0.25) is 0 Å². The lowest BCUT2D eigenvalue weighted by molar-refractivity contribution is -0.139. The van der Waals surface area contributed by atoms with Crippen molar-refractivity contribution in [2.24, 2.45) is 5.92 Å². The maximum Gasteiger partial charge on any atom is 0.326 e. The Balaban J connectivity index is 1.95. The van der Waals surface area contributed by atoms with Crippen LogP contribution in [0.5, 0.6) is 0 Å². The summed E-state index contributed by atoms with van der Waals surface area (Å²) in [5.41, 5.74) is 0. The highest BCUT2D eigenvalue weighted by Gasteiger charge is 2.42. The first-order valence-electron chi connectivity index (χ1n) is 7.17. The zero-order valence-electron chi connectivity index (χ0n) is 11.2. The molecule has 1 saturated heterocycles. The lowest BCUT2D eigenvalue weighted by Crippen LogP contribution is -2.55. The van der Waals surface area contributed by atoms with Crippen molar-refractivity contribution in [2.45, 2.75) is 50.6 Å². The minimum atomic E-state index is -0.772. The summed E-state index contributed by atoms with van der Waals surface area (Å²) in [5, 5.41) is 17.8. The number of halogens is 1. The molecular weight excluding hydrogens is 278 g/mol. The number of hydrogen-bond acceptors (Lipinski definition) is 4. The number of carbonyl (C=O) groups is 1. The first-order valence-corrected chi connectivity index (χ1v) is 7.55. The maximum absolute atomic E-state index is 11.6. The number of nitrogens with zero attached hydrogens (tertiary/aromatic N) is 3. The van der Waals surface area contributed by atoms with Crippen LogP contribution in [0.1, 0.15) is 38.5 Å². The molecule has 0 spiro atoms. The van der Waals surface area contributed by atoms with Gasteiger partial charge in [0.2, 0.25) is 0 Å². The Bertz CT molecular complexity index is 494. The van der Waals surface area contributed by atoms with Crippen LogP contribution in [-0.4, -0.2) is 33.4 Å². The Morgan fingerprint density at radius 3 is 2.70 bits per heavy atom. The molecule has 6 heteroatoms. The van der Waals surface area contributed by atoms with Crippen molar-refractivity contribution in [2.75, 3.05) is 4.90 Å². The number of anilines is 1. The zero-order chi connectivity index (χ0) is 14.1. The molecule has 2 fully saturated rings. The number of fused-ring (bicyclic) bond motifs is 1. The van der Waals surface area contributed by atoms with Crippen LogP contribution in [0.3, 0.4) is 0 Å². The van der Waals surface area contributed by atoms with Crippen LogP contribution in [0.2, 0.25) is 5.15 Å². The second-order valence-electron chi connectivity index (χ2n) is 5.66. The molecule has 2 aliphatic rings. The van der Waals surface area contributed by atoms with E-state index in [4.69, 9.17) is 11.6 Å². The van der Waals surface area contributed by atoms with Gasteiger partial charge in [0.25, 0.3) is 0 Å². The van der Waals surface area contributed by atoms with Crippen LogP contribution < -0.4 is 4.90 Å². The molecule has 0 amide bonds. The number of rotatable bonds is 2. The first kappa shape index (κ1) is 13.6. The Labute approximate surface area is 122 Å². The third-order valence-corrected chi connectivity index (χ3v) is 4.74. The number of carboxylic acid groups (broad SMARTS) is 1. The number of hydrogen-bond donors (Lipinski definition) is 1. The van der Waals surface area contributed by atoms with Gasteiger partial charge in [0, 0.05) is 6.04 Å². The minimum absolute atomic E-state index is 0.272. The van der Waals surface area contributed by atoms with Gasteiger partial charge in [-0.25, -0.2) is 4.79 Å². The summed E-state index contributed by atoms with van der Waals surface area (Å²) >= 11 is 5.78. The average molecular weight is 296 g/mol. The Morgan fingerprint density at radius 2 is 2.00 bits per heavy atom. The fraction of sp³-hybridized carbons (Fsp3) is 0.643. The van der Waals surface area contributed by atoms with Gasteiger partial charge in [0.1, 0.15) is 6.04 Å².